The molecule has 0 radical (unpaired) electrons. The second-order valence-corrected chi connectivity index (χ2v) is 6.44. The highest BCUT2D eigenvalue weighted by Crippen LogP contribution is 2.31. The smallest absolute Gasteiger partial charge is 0.358 e. The van der Waals surface area contributed by atoms with E-state index in [0.29, 0.717) is 31.3 Å². The zero-order valence-electron chi connectivity index (χ0n) is 17.7. The van der Waals surface area contributed by atoms with Crippen molar-refractivity contribution in [2.45, 2.75) is 20.4 Å². The molecule has 1 aromatic heterocycles. The third-order valence-corrected chi connectivity index (χ3v) is 4.49. The molecular weight excluding hydrogens is 384 g/mol. The molecule has 0 atom stereocenters. The zero-order valence-corrected chi connectivity index (χ0v) is 17.7. The summed E-state index contributed by atoms with van der Waals surface area (Å²) in [5, 5.41) is 4.49. The first kappa shape index (κ1) is 21.2. The summed E-state index contributed by atoms with van der Waals surface area (Å²) >= 11 is 0. The fourth-order valence-corrected chi connectivity index (χ4v) is 3.15. The van der Waals surface area contributed by atoms with E-state index in [1.54, 1.807) is 17.9 Å². The highest BCUT2D eigenvalue weighted by atomic mass is 16.5. The first-order chi connectivity index (χ1) is 14.6. The summed E-state index contributed by atoms with van der Waals surface area (Å²) in [6.07, 6.45) is 0. The number of nitrogens with zero attached hydrogens (tertiary/aromatic N) is 2. The summed E-state index contributed by atoms with van der Waals surface area (Å²) in [6, 6.07) is 15.1. The Hall–Kier alpha value is -3.48. The van der Waals surface area contributed by atoms with Gasteiger partial charge in [0.1, 0.15) is 17.2 Å². The van der Waals surface area contributed by atoms with E-state index in [-0.39, 0.29) is 5.69 Å². The summed E-state index contributed by atoms with van der Waals surface area (Å²) in [5.41, 5.74) is 2.73. The topological polar surface area (TPSA) is 71.8 Å². The molecule has 0 spiro atoms. The van der Waals surface area contributed by atoms with Crippen LogP contribution >= 0.6 is 0 Å². The van der Waals surface area contributed by atoms with Crippen LogP contribution in [-0.4, -0.2) is 43.2 Å². The lowest BCUT2D eigenvalue weighted by Gasteiger charge is -2.14. The average Bonchev–Trinajstić information content (AvgIpc) is 3.18. The maximum absolute atomic E-state index is 12.2. The van der Waals surface area contributed by atoms with E-state index in [1.807, 2.05) is 56.3 Å². The van der Waals surface area contributed by atoms with Crippen LogP contribution in [0.3, 0.4) is 0 Å². The van der Waals surface area contributed by atoms with E-state index in [0.717, 1.165) is 22.6 Å². The molecule has 3 rings (SSSR count). The maximum atomic E-state index is 12.2. The van der Waals surface area contributed by atoms with Crippen LogP contribution in [0.5, 0.6) is 17.2 Å². The fraction of sp³-hybridized carbons (Fsp3) is 0.304. The minimum absolute atomic E-state index is 0.224. The monoisotopic (exact) mass is 410 g/mol. The van der Waals surface area contributed by atoms with Gasteiger partial charge in [-0.25, -0.2) is 4.79 Å². The molecule has 0 aliphatic carbocycles. The largest absolute Gasteiger partial charge is 0.497 e. The van der Waals surface area contributed by atoms with Gasteiger partial charge in [0.15, 0.2) is 5.69 Å². The second kappa shape index (κ2) is 9.82. The molecule has 0 saturated carbocycles. The number of aromatic nitrogens is 2. The van der Waals surface area contributed by atoms with Crippen LogP contribution in [0.25, 0.3) is 11.3 Å². The van der Waals surface area contributed by atoms with E-state index in [2.05, 4.69) is 5.10 Å². The van der Waals surface area contributed by atoms with E-state index < -0.39 is 5.97 Å². The highest BCUT2D eigenvalue weighted by Gasteiger charge is 2.18. The van der Waals surface area contributed by atoms with Crippen LogP contribution in [0.15, 0.2) is 48.5 Å². The molecule has 7 heteroatoms. The number of hydrogen-bond donors (Lipinski definition) is 0. The van der Waals surface area contributed by atoms with Crippen molar-refractivity contribution >= 4 is 5.97 Å². The lowest BCUT2D eigenvalue weighted by atomic mass is 10.1. The molecule has 0 unspecified atom stereocenters. The fourth-order valence-electron chi connectivity index (χ4n) is 3.15. The lowest BCUT2D eigenvalue weighted by molar-refractivity contribution is 0.0593. The number of esters is 1. The molecule has 158 valence electrons. The number of carbonyl (C=O) groups excluding carboxylic acids is 1. The third-order valence-electron chi connectivity index (χ3n) is 4.49. The number of ether oxygens (including phenoxy) is 4. The van der Waals surface area contributed by atoms with Gasteiger partial charge >= 0.3 is 5.97 Å². The van der Waals surface area contributed by atoms with Gasteiger partial charge in [-0.05, 0) is 38.1 Å². The molecule has 3 aromatic rings. The van der Waals surface area contributed by atoms with E-state index in [4.69, 9.17) is 18.9 Å². The van der Waals surface area contributed by atoms with Crippen molar-refractivity contribution in [2.75, 3.05) is 27.4 Å². The molecule has 0 fully saturated rings. The number of methoxy groups -OCH3 is 2. The normalized spacial score (nSPS) is 10.5. The molecule has 0 bridgehead atoms. The Morgan fingerprint density at radius 1 is 0.967 bits per heavy atom. The summed E-state index contributed by atoms with van der Waals surface area (Å²) in [4.78, 5) is 12.2. The molecule has 1 heterocycles. The number of hydrogen-bond acceptors (Lipinski definition) is 6. The van der Waals surface area contributed by atoms with Crippen molar-refractivity contribution < 1.29 is 23.7 Å². The predicted octanol–water partition coefficient (Wildman–Crippen LogP) is 4.19. The van der Waals surface area contributed by atoms with Crippen LogP contribution < -0.4 is 14.2 Å². The van der Waals surface area contributed by atoms with Crippen molar-refractivity contribution in [3.05, 3.63) is 59.8 Å². The highest BCUT2D eigenvalue weighted by molar-refractivity contribution is 5.88. The van der Waals surface area contributed by atoms with E-state index in [9.17, 15) is 4.79 Å². The van der Waals surface area contributed by atoms with Crippen LogP contribution in [-0.2, 0) is 11.3 Å². The van der Waals surface area contributed by atoms with Crippen molar-refractivity contribution in [1.82, 2.24) is 9.78 Å². The summed E-state index contributed by atoms with van der Waals surface area (Å²) < 4.78 is 23.5. The first-order valence-corrected chi connectivity index (χ1v) is 9.78. The number of rotatable bonds is 9. The van der Waals surface area contributed by atoms with Gasteiger partial charge < -0.3 is 18.9 Å². The SMILES string of the molecule is CCOc1cc(OC)cc(-c2cc(C(=O)OC)nn2Cc2ccccc2OCC)c1. The molecule has 2 aromatic carbocycles. The summed E-state index contributed by atoms with van der Waals surface area (Å²) in [7, 11) is 2.94. The number of benzene rings is 2. The standard InChI is InChI=1S/C23H26N2O5/c1-5-29-19-12-17(11-18(13-19)27-3)21-14-20(23(26)28-4)24-25(21)15-16-9-7-8-10-22(16)30-6-2/h7-14H,5-6,15H2,1-4H3. The second-order valence-electron chi connectivity index (χ2n) is 6.44. The Morgan fingerprint density at radius 3 is 2.40 bits per heavy atom. The van der Waals surface area contributed by atoms with Gasteiger partial charge in [-0.3, -0.25) is 4.68 Å². The quantitative estimate of drug-likeness (QED) is 0.493. The van der Waals surface area contributed by atoms with Crippen molar-refractivity contribution in [1.29, 1.82) is 0 Å². The minimum atomic E-state index is -0.499. The molecule has 7 nitrogen and oxygen atoms in total. The van der Waals surface area contributed by atoms with Crippen LogP contribution in [0.2, 0.25) is 0 Å². The molecule has 0 amide bonds. The number of para-hydroxylation sites is 1. The Morgan fingerprint density at radius 2 is 1.70 bits per heavy atom. The van der Waals surface area contributed by atoms with Gasteiger partial charge in [0.25, 0.3) is 0 Å². The van der Waals surface area contributed by atoms with Crippen molar-refractivity contribution in [2.24, 2.45) is 0 Å². The van der Waals surface area contributed by atoms with Crippen molar-refractivity contribution in [3.8, 4) is 28.5 Å². The lowest BCUT2D eigenvalue weighted by Crippen LogP contribution is -2.08. The maximum Gasteiger partial charge on any atom is 0.358 e. The molecule has 0 aliphatic rings. The van der Waals surface area contributed by atoms with Gasteiger partial charge in [0, 0.05) is 17.2 Å². The Bertz CT molecular complexity index is 1010. The van der Waals surface area contributed by atoms with E-state index in [1.165, 1.54) is 7.11 Å². The van der Waals surface area contributed by atoms with Gasteiger partial charge in [0.05, 0.1) is 39.7 Å². The third kappa shape index (κ3) is 4.74. The summed E-state index contributed by atoms with van der Waals surface area (Å²) in [5.74, 6) is 1.61. The van der Waals surface area contributed by atoms with Gasteiger partial charge in [-0.1, -0.05) is 18.2 Å². The van der Waals surface area contributed by atoms with Crippen LogP contribution in [0.1, 0.15) is 29.9 Å². The molecule has 0 saturated heterocycles. The van der Waals surface area contributed by atoms with E-state index >= 15 is 0 Å². The van der Waals surface area contributed by atoms with Crippen molar-refractivity contribution in [3.63, 3.8) is 0 Å². The predicted molar refractivity (Wildman–Crippen MR) is 113 cm³/mol. The minimum Gasteiger partial charge on any atom is -0.497 e. The van der Waals surface area contributed by atoms with Gasteiger partial charge in [0.2, 0.25) is 0 Å². The Labute approximate surface area is 176 Å². The average molecular weight is 410 g/mol. The van der Waals surface area contributed by atoms with Gasteiger partial charge in [-0.15, -0.1) is 0 Å². The molecular formula is C23H26N2O5. The summed E-state index contributed by atoms with van der Waals surface area (Å²) in [6.45, 7) is 5.37. The zero-order chi connectivity index (χ0) is 21.5. The molecule has 30 heavy (non-hydrogen) atoms. The number of carbonyl (C=O) groups is 1. The van der Waals surface area contributed by atoms with Crippen LogP contribution in [0, 0.1) is 0 Å². The molecule has 0 aliphatic heterocycles. The Kier molecular flexibility index (Phi) is 6.95. The first-order valence-electron chi connectivity index (χ1n) is 9.78. The molecule has 0 N–H and O–H groups in total. The van der Waals surface area contributed by atoms with Gasteiger partial charge in [-0.2, -0.15) is 5.10 Å². The Balaban J connectivity index is 2.10. The van der Waals surface area contributed by atoms with Crippen LogP contribution in [0.4, 0.5) is 0 Å².